The van der Waals surface area contributed by atoms with E-state index in [0.717, 1.165) is 5.69 Å². The predicted octanol–water partition coefficient (Wildman–Crippen LogP) is 3.69. The van der Waals surface area contributed by atoms with Crippen molar-refractivity contribution in [2.75, 3.05) is 0 Å². The molecule has 3 rings (SSSR count). The highest BCUT2D eigenvalue weighted by atomic mass is 35.5. The maximum Gasteiger partial charge on any atom is 0.266 e. The van der Waals surface area contributed by atoms with Gasteiger partial charge in [0.1, 0.15) is 5.82 Å². The molecule has 118 valence electrons. The van der Waals surface area contributed by atoms with Gasteiger partial charge < -0.3 is 5.73 Å². The fourth-order valence-electron chi connectivity index (χ4n) is 2.52. The molecule has 1 aromatic heterocycles. The lowest BCUT2D eigenvalue weighted by atomic mass is 10.0. The molecule has 1 heterocycles. The summed E-state index contributed by atoms with van der Waals surface area (Å²) in [6.07, 6.45) is 0. The van der Waals surface area contributed by atoms with E-state index >= 15 is 0 Å². The molecule has 0 aliphatic rings. The number of para-hydroxylation sites is 1. The van der Waals surface area contributed by atoms with Gasteiger partial charge in [0.05, 0.1) is 22.6 Å². The van der Waals surface area contributed by atoms with Crippen LogP contribution in [0, 0.1) is 5.92 Å². The largest absolute Gasteiger partial charge is 0.321 e. The van der Waals surface area contributed by atoms with Crippen molar-refractivity contribution in [2.24, 2.45) is 11.7 Å². The summed E-state index contributed by atoms with van der Waals surface area (Å²) in [5.41, 5.74) is 7.51. The Balaban J connectivity index is 2.40. The second-order valence-electron chi connectivity index (χ2n) is 5.88. The Morgan fingerprint density at radius 2 is 1.83 bits per heavy atom. The fourth-order valence-corrected chi connectivity index (χ4v) is 2.69. The Morgan fingerprint density at radius 1 is 1.13 bits per heavy atom. The maximum atomic E-state index is 13.0. The highest BCUT2D eigenvalue weighted by Crippen LogP contribution is 2.23. The lowest BCUT2D eigenvalue weighted by Crippen LogP contribution is -2.30. The third-order valence-corrected chi connectivity index (χ3v) is 4.12. The number of nitrogens with zero attached hydrogens (tertiary/aromatic N) is 2. The van der Waals surface area contributed by atoms with Crippen LogP contribution in [0.5, 0.6) is 0 Å². The van der Waals surface area contributed by atoms with E-state index in [4.69, 9.17) is 17.3 Å². The summed E-state index contributed by atoms with van der Waals surface area (Å²) in [6, 6.07) is 14.2. The first-order valence-corrected chi connectivity index (χ1v) is 7.90. The van der Waals surface area contributed by atoms with Crippen LogP contribution in [0.2, 0.25) is 5.02 Å². The van der Waals surface area contributed by atoms with Crippen molar-refractivity contribution in [1.82, 2.24) is 9.55 Å². The Hall–Kier alpha value is -2.17. The van der Waals surface area contributed by atoms with E-state index in [-0.39, 0.29) is 17.5 Å². The predicted molar refractivity (Wildman–Crippen MR) is 94.1 cm³/mol. The molecule has 23 heavy (non-hydrogen) atoms. The summed E-state index contributed by atoms with van der Waals surface area (Å²) in [7, 11) is 0. The Bertz CT molecular complexity index is 903. The van der Waals surface area contributed by atoms with Crippen LogP contribution in [0.1, 0.15) is 25.7 Å². The van der Waals surface area contributed by atoms with Crippen LogP contribution in [-0.4, -0.2) is 9.55 Å². The molecule has 0 saturated carbocycles. The lowest BCUT2D eigenvalue weighted by Gasteiger charge is -2.21. The minimum absolute atomic E-state index is 0.135. The van der Waals surface area contributed by atoms with Gasteiger partial charge in [-0.3, -0.25) is 9.36 Å². The molecule has 0 bridgehead atoms. The van der Waals surface area contributed by atoms with Gasteiger partial charge in [0, 0.05) is 5.02 Å². The van der Waals surface area contributed by atoms with Gasteiger partial charge in [-0.2, -0.15) is 0 Å². The second kappa shape index (κ2) is 6.14. The first-order valence-electron chi connectivity index (χ1n) is 7.52. The van der Waals surface area contributed by atoms with Gasteiger partial charge in [-0.05, 0) is 36.2 Å². The van der Waals surface area contributed by atoms with E-state index < -0.39 is 0 Å². The van der Waals surface area contributed by atoms with Crippen LogP contribution in [0.4, 0.5) is 0 Å². The SMILES string of the molecule is CC(C)[C@@H](N)c1nc2cc(Cl)ccc2c(=O)n1-c1ccccc1. The summed E-state index contributed by atoms with van der Waals surface area (Å²) >= 11 is 6.04. The third-order valence-electron chi connectivity index (χ3n) is 3.89. The minimum Gasteiger partial charge on any atom is -0.321 e. The molecule has 0 unspecified atom stereocenters. The number of nitrogens with two attached hydrogens (primary N) is 1. The van der Waals surface area contributed by atoms with Gasteiger partial charge >= 0.3 is 0 Å². The van der Waals surface area contributed by atoms with Gasteiger partial charge in [-0.15, -0.1) is 0 Å². The van der Waals surface area contributed by atoms with E-state index in [1.54, 1.807) is 22.8 Å². The van der Waals surface area contributed by atoms with E-state index in [1.807, 2.05) is 44.2 Å². The van der Waals surface area contributed by atoms with E-state index in [1.165, 1.54) is 0 Å². The molecule has 1 atom stereocenters. The zero-order chi connectivity index (χ0) is 16.6. The standard InChI is InChI=1S/C18H18ClN3O/c1-11(2)16(20)17-21-15-10-12(19)8-9-14(15)18(23)22(17)13-6-4-3-5-7-13/h3-11,16H,20H2,1-2H3/t16-/m1/s1. The van der Waals surface area contributed by atoms with E-state index in [0.29, 0.717) is 21.7 Å². The number of aromatic nitrogens is 2. The average Bonchev–Trinajstić information content (AvgIpc) is 2.54. The number of benzene rings is 2. The fraction of sp³-hybridized carbons (Fsp3) is 0.222. The van der Waals surface area contributed by atoms with Gasteiger partial charge in [-0.1, -0.05) is 43.6 Å². The summed E-state index contributed by atoms with van der Waals surface area (Å²) in [4.78, 5) is 17.7. The van der Waals surface area contributed by atoms with Gasteiger partial charge in [0.25, 0.3) is 5.56 Å². The molecular formula is C18H18ClN3O. The normalized spacial score (nSPS) is 12.7. The molecule has 0 spiro atoms. The number of fused-ring (bicyclic) bond motifs is 1. The number of halogens is 1. The van der Waals surface area contributed by atoms with Crippen molar-refractivity contribution in [3.05, 3.63) is 69.7 Å². The quantitative estimate of drug-likeness (QED) is 0.798. The van der Waals surface area contributed by atoms with E-state index in [9.17, 15) is 4.79 Å². The van der Waals surface area contributed by atoms with Crippen molar-refractivity contribution in [3.8, 4) is 5.69 Å². The Labute approximate surface area is 139 Å². The van der Waals surface area contributed by atoms with Crippen LogP contribution in [0.25, 0.3) is 16.6 Å². The zero-order valence-electron chi connectivity index (χ0n) is 13.0. The highest BCUT2D eigenvalue weighted by molar-refractivity contribution is 6.31. The summed E-state index contributed by atoms with van der Waals surface area (Å²) in [5.74, 6) is 0.694. The van der Waals surface area contributed by atoms with Gasteiger partial charge in [0.2, 0.25) is 0 Å². The summed E-state index contributed by atoms with van der Waals surface area (Å²) < 4.78 is 1.60. The topological polar surface area (TPSA) is 60.9 Å². The first kappa shape index (κ1) is 15.7. The van der Waals surface area contributed by atoms with Crippen molar-refractivity contribution in [2.45, 2.75) is 19.9 Å². The summed E-state index contributed by atoms with van der Waals surface area (Å²) in [6.45, 7) is 4.02. The van der Waals surface area contributed by atoms with Gasteiger partial charge in [-0.25, -0.2) is 4.98 Å². The molecule has 0 aliphatic carbocycles. The van der Waals surface area contributed by atoms with Crippen LogP contribution in [0.3, 0.4) is 0 Å². The van der Waals surface area contributed by atoms with Gasteiger partial charge in [0.15, 0.2) is 0 Å². The summed E-state index contributed by atoms with van der Waals surface area (Å²) in [5, 5.41) is 1.07. The molecule has 0 fully saturated rings. The second-order valence-corrected chi connectivity index (χ2v) is 6.31. The monoisotopic (exact) mass is 327 g/mol. The molecule has 0 saturated heterocycles. The highest BCUT2D eigenvalue weighted by Gasteiger charge is 2.20. The van der Waals surface area contributed by atoms with Crippen LogP contribution in [0.15, 0.2) is 53.3 Å². The van der Waals surface area contributed by atoms with Crippen molar-refractivity contribution < 1.29 is 0 Å². The number of hydrogen-bond donors (Lipinski definition) is 1. The molecule has 5 heteroatoms. The average molecular weight is 328 g/mol. The van der Waals surface area contributed by atoms with Crippen LogP contribution in [-0.2, 0) is 0 Å². The van der Waals surface area contributed by atoms with Crippen molar-refractivity contribution in [3.63, 3.8) is 0 Å². The molecule has 0 radical (unpaired) electrons. The molecule has 4 nitrogen and oxygen atoms in total. The van der Waals surface area contributed by atoms with Crippen molar-refractivity contribution >= 4 is 22.5 Å². The molecule has 2 N–H and O–H groups in total. The molecular weight excluding hydrogens is 310 g/mol. The third kappa shape index (κ3) is 2.87. The van der Waals surface area contributed by atoms with Crippen LogP contribution >= 0.6 is 11.6 Å². The smallest absolute Gasteiger partial charge is 0.266 e. The lowest BCUT2D eigenvalue weighted by molar-refractivity contribution is 0.480. The molecule has 3 aromatic rings. The molecule has 0 amide bonds. The minimum atomic E-state index is -0.355. The van der Waals surface area contributed by atoms with Crippen LogP contribution < -0.4 is 11.3 Å². The molecule has 0 aliphatic heterocycles. The zero-order valence-corrected chi connectivity index (χ0v) is 13.8. The Morgan fingerprint density at radius 3 is 2.48 bits per heavy atom. The Kier molecular flexibility index (Phi) is 4.20. The van der Waals surface area contributed by atoms with Crippen molar-refractivity contribution in [1.29, 1.82) is 0 Å². The van der Waals surface area contributed by atoms with E-state index in [2.05, 4.69) is 4.98 Å². The number of rotatable bonds is 3. The molecule has 2 aromatic carbocycles. The maximum absolute atomic E-state index is 13.0. The first-order chi connectivity index (χ1) is 11.0. The number of hydrogen-bond acceptors (Lipinski definition) is 3.